The zero-order valence-electron chi connectivity index (χ0n) is 41.1. The minimum absolute atomic E-state index is 0.167. The van der Waals surface area contributed by atoms with Gasteiger partial charge in [0.25, 0.3) is 0 Å². The number of likely N-dealkylation sites (tertiary alicyclic amines) is 2. The van der Waals surface area contributed by atoms with Gasteiger partial charge in [-0.3, -0.25) is 19.2 Å². The molecule has 15 heteroatoms. The number of ether oxygens (including phenoxy) is 2. The highest BCUT2D eigenvalue weighted by Crippen LogP contribution is 2.27. The van der Waals surface area contributed by atoms with Gasteiger partial charge < -0.3 is 45.4 Å². The van der Waals surface area contributed by atoms with Crippen molar-refractivity contribution in [3.8, 4) is 0 Å². The Bertz CT molecular complexity index is 2020. The zero-order valence-corrected chi connectivity index (χ0v) is 41.1. The second-order valence-corrected chi connectivity index (χ2v) is 20.0. The third-order valence-electron chi connectivity index (χ3n) is 12.3. The molecule has 15 nitrogen and oxygen atoms in total. The summed E-state index contributed by atoms with van der Waals surface area (Å²) in [6.07, 6.45) is 2.37. The Labute approximate surface area is 397 Å². The van der Waals surface area contributed by atoms with Gasteiger partial charge in [0.1, 0.15) is 35.4 Å². The maximum absolute atomic E-state index is 13.9. The van der Waals surface area contributed by atoms with Gasteiger partial charge in [0.05, 0.1) is 0 Å². The van der Waals surface area contributed by atoms with Gasteiger partial charge >= 0.3 is 12.2 Å². The van der Waals surface area contributed by atoms with Crippen LogP contribution < -0.4 is 26.2 Å². The van der Waals surface area contributed by atoms with Crippen LogP contribution in [-0.4, -0.2) is 94.1 Å². The lowest BCUT2D eigenvalue weighted by atomic mass is 9.97. The molecule has 3 aromatic carbocycles. The van der Waals surface area contributed by atoms with E-state index >= 15 is 0 Å². The fourth-order valence-electron chi connectivity index (χ4n) is 8.35. The average molecular weight is 924 g/mol. The van der Waals surface area contributed by atoms with Crippen LogP contribution in [0, 0.1) is 11.8 Å². The molecule has 0 radical (unpaired) electrons. The molecule has 1 unspecified atom stereocenters. The number of amides is 6. The number of alkyl carbamates (subject to hydrolysis) is 2. The molecule has 0 aromatic heterocycles. The van der Waals surface area contributed by atoms with Gasteiger partial charge in [0.2, 0.25) is 23.6 Å². The minimum atomic E-state index is -0.823. The Balaban J connectivity index is 1.20. The van der Waals surface area contributed by atoms with Crippen molar-refractivity contribution in [2.75, 3.05) is 28.6 Å². The van der Waals surface area contributed by atoms with Crippen LogP contribution in [0.15, 0.2) is 78.9 Å². The van der Waals surface area contributed by atoms with Crippen LogP contribution in [0.1, 0.15) is 119 Å². The van der Waals surface area contributed by atoms with E-state index in [9.17, 15) is 28.8 Å². The molecule has 2 aliphatic rings. The SMILES string of the molecule is CC[C@H](C)C(NC(=O)OC(C)(C)C)C(=O)N1CCC[C@H]1C(=O)Nc1ccc(CN(Cc2ccc(NC(=O)[C@@H]3CCCN3C(=O)[C@@H](NC(=O)OC(C)(C)C)[C@@H](C)CC)cc2)c2ccccc2)cc1. The topological polar surface area (TPSA) is 179 Å². The van der Waals surface area contributed by atoms with Gasteiger partial charge in [-0.15, -0.1) is 0 Å². The maximum atomic E-state index is 13.9. The number of nitrogens with zero attached hydrogens (tertiary/aromatic N) is 3. The summed E-state index contributed by atoms with van der Waals surface area (Å²) in [6, 6.07) is 22.4. The van der Waals surface area contributed by atoms with Crippen molar-refractivity contribution in [3.63, 3.8) is 0 Å². The van der Waals surface area contributed by atoms with Crippen LogP contribution in [-0.2, 0) is 41.7 Å². The van der Waals surface area contributed by atoms with Gasteiger partial charge in [-0.2, -0.15) is 0 Å². The average Bonchev–Trinajstić information content (AvgIpc) is 3.98. The van der Waals surface area contributed by atoms with E-state index in [2.05, 4.69) is 38.3 Å². The van der Waals surface area contributed by atoms with Crippen molar-refractivity contribution >= 4 is 52.9 Å². The van der Waals surface area contributed by atoms with Crippen LogP contribution in [0.4, 0.5) is 26.7 Å². The lowest BCUT2D eigenvalue weighted by Crippen LogP contribution is -2.55. The predicted octanol–water partition coefficient (Wildman–Crippen LogP) is 8.63. The largest absolute Gasteiger partial charge is 0.444 e. The maximum Gasteiger partial charge on any atom is 0.408 e. The third kappa shape index (κ3) is 14.9. The smallest absolute Gasteiger partial charge is 0.408 e. The molecular weight excluding hydrogens is 851 g/mol. The van der Waals surface area contributed by atoms with E-state index in [4.69, 9.17) is 9.47 Å². The molecule has 4 N–H and O–H groups in total. The zero-order chi connectivity index (χ0) is 49.1. The van der Waals surface area contributed by atoms with Crippen molar-refractivity contribution in [1.82, 2.24) is 20.4 Å². The number of benzene rings is 3. The molecule has 6 atom stereocenters. The van der Waals surface area contributed by atoms with E-state index in [1.807, 2.05) is 94.4 Å². The van der Waals surface area contributed by atoms with Crippen molar-refractivity contribution in [1.29, 1.82) is 0 Å². The first-order chi connectivity index (χ1) is 31.7. The summed E-state index contributed by atoms with van der Waals surface area (Å²) in [4.78, 5) is 85.9. The Morgan fingerprint density at radius 2 is 0.970 bits per heavy atom. The number of hydrogen-bond acceptors (Lipinski definition) is 9. The molecule has 5 rings (SSSR count). The van der Waals surface area contributed by atoms with E-state index < -0.39 is 47.6 Å². The van der Waals surface area contributed by atoms with Crippen molar-refractivity contribution in [2.45, 2.75) is 156 Å². The molecule has 0 bridgehead atoms. The van der Waals surface area contributed by atoms with Gasteiger partial charge in [0, 0.05) is 43.2 Å². The third-order valence-corrected chi connectivity index (χ3v) is 12.3. The number of carbonyl (C=O) groups is 6. The van der Waals surface area contributed by atoms with Gasteiger partial charge in [-0.05, 0) is 127 Å². The number of nitrogens with one attached hydrogen (secondary N) is 4. The van der Waals surface area contributed by atoms with Crippen LogP contribution >= 0.6 is 0 Å². The van der Waals surface area contributed by atoms with E-state index in [0.717, 1.165) is 16.8 Å². The molecule has 0 saturated carbocycles. The lowest BCUT2D eigenvalue weighted by molar-refractivity contribution is -0.139. The molecule has 2 aliphatic heterocycles. The van der Waals surface area contributed by atoms with Gasteiger partial charge in [-0.25, -0.2) is 9.59 Å². The first kappa shape index (κ1) is 51.9. The standard InChI is InChI=1S/C52H73N7O8/c1-11-34(3)43(55-49(64)66-51(5,6)7)47(62)58-30-16-20-41(58)45(60)53-38-26-22-36(23-27-38)32-57(40-18-14-13-15-19-40)33-37-24-28-39(29-25-37)54-46(61)42-21-17-31-59(42)48(63)44(35(4)12-2)56-50(65)67-52(8,9)10/h13-15,18-19,22-29,34-35,41-44H,11-12,16-17,20-21,30-33H2,1-10H3,(H,53,60)(H,54,61)(H,55,64)(H,56,65)/t34-,35-,41-,42-,43-,44?/m0/s1. The summed E-state index contributed by atoms with van der Waals surface area (Å²) in [5, 5.41) is 11.6. The van der Waals surface area contributed by atoms with Crippen molar-refractivity contribution < 1.29 is 38.2 Å². The molecule has 3 aromatic rings. The second kappa shape index (κ2) is 23.1. The summed E-state index contributed by atoms with van der Waals surface area (Å²) < 4.78 is 10.9. The van der Waals surface area contributed by atoms with Crippen LogP contribution in [0.5, 0.6) is 0 Å². The molecule has 6 amide bonds. The lowest BCUT2D eigenvalue weighted by Gasteiger charge is -2.32. The predicted molar refractivity (Wildman–Crippen MR) is 261 cm³/mol. The Morgan fingerprint density at radius 1 is 0.597 bits per heavy atom. The van der Waals surface area contributed by atoms with E-state index in [1.54, 1.807) is 51.3 Å². The highest BCUT2D eigenvalue weighted by molar-refractivity contribution is 5.99. The molecule has 2 fully saturated rings. The normalized spacial score (nSPS) is 17.9. The van der Waals surface area contributed by atoms with Gasteiger partial charge in [-0.1, -0.05) is 83.0 Å². The van der Waals surface area contributed by atoms with Crippen LogP contribution in [0.3, 0.4) is 0 Å². The molecule has 364 valence electrons. The molecular formula is C52H73N7O8. The summed E-state index contributed by atoms with van der Waals surface area (Å²) in [6.45, 7) is 20.3. The number of carbonyl (C=O) groups excluding carboxylic acids is 6. The quantitative estimate of drug-likeness (QED) is 0.103. The summed E-state index contributed by atoms with van der Waals surface area (Å²) in [5.74, 6) is -1.47. The highest BCUT2D eigenvalue weighted by Gasteiger charge is 2.41. The second-order valence-electron chi connectivity index (χ2n) is 20.0. The first-order valence-corrected chi connectivity index (χ1v) is 23.9. The summed E-state index contributed by atoms with van der Waals surface area (Å²) in [5.41, 5.74) is 2.83. The fraction of sp³-hybridized carbons (Fsp3) is 0.538. The Kier molecular flexibility index (Phi) is 17.8. The van der Waals surface area contributed by atoms with Crippen molar-refractivity contribution in [3.05, 3.63) is 90.0 Å². The van der Waals surface area contributed by atoms with Gasteiger partial charge in [0.15, 0.2) is 0 Å². The molecule has 67 heavy (non-hydrogen) atoms. The Hall–Kier alpha value is -6.12. The molecule has 0 spiro atoms. The summed E-state index contributed by atoms with van der Waals surface area (Å²) in [7, 11) is 0. The van der Waals surface area contributed by atoms with Crippen LogP contribution in [0.25, 0.3) is 0 Å². The summed E-state index contributed by atoms with van der Waals surface area (Å²) >= 11 is 0. The highest BCUT2D eigenvalue weighted by atomic mass is 16.6. The van der Waals surface area contributed by atoms with Crippen LogP contribution in [0.2, 0.25) is 0 Å². The van der Waals surface area contributed by atoms with E-state index in [-0.39, 0.29) is 35.5 Å². The number of anilines is 3. The number of rotatable bonds is 17. The Morgan fingerprint density at radius 3 is 1.31 bits per heavy atom. The first-order valence-electron chi connectivity index (χ1n) is 23.9. The number of hydrogen-bond donors (Lipinski definition) is 4. The monoisotopic (exact) mass is 924 g/mol. The van der Waals surface area contributed by atoms with Crippen molar-refractivity contribution in [2.24, 2.45) is 11.8 Å². The fourth-order valence-corrected chi connectivity index (χ4v) is 8.35. The number of para-hydroxylation sites is 1. The molecule has 0 aliphatic carbocycles. The minimum Gasteiger partial charge on any atom is -0.444 e. The van der Waals surface area contributed by atoms with E-state index in [0.29, 0.717) is 76.1 Å². The molecule has 2 saturated heterocycles. The molecule has 2 heterocycles. The van der Waals surface area contributed by atoms with E-state index in [1.165, 1.54) is 0 Å².